The molecule has 1 aromatic carbocycles. The van der Waals surface area contributed by atoms with Gasteiger partial charge in [-0.05, 0) is 19.1 Å². The molecule has 1 N–H and O–H groups in total. The van der Waals surface area contributed by atoms with Crippen LogP contribution in [0, 0.1) is 11.7 Å². The van der Waals surface area contributed by atoms with Crippen molar-refractivity contribution >= 4 is 23.2 Å². The summed E-state index contributed by atoms with van der Waals surface area (Å²) in [7, 11) is 0. The third-order valence-electron chi connectivity index (χ3n) is 2.18. The lowest BCUT2D eigenvalue weighted by molar-refractivity contribution is -0.118. The lowest BCUT2D eigenvalue weighted by atomic mass is 10.2. The van der Waals surface area contributed by atoms with Gasteiger partial charge in [-0.25, -0.2) is 4.39 Å². The number of amides is 1. The number of anilines is 1. The smallest absolute Gasteiger partial charge is 0.228 e. The van der Waals surface area contributed by atoms with E-state index in [9.17, 15) is 9.18 Å². The van der Waals surface area contributed by atoms with E-state index in [1.807, 2.05) is 0 Å². The molecule has 1 amide bonds. The van der Waals surface area contributed by atoms with Gasteiger partial charge in [0.1, 0.15) is 11.6 Å². The molecular formula is C12H15ClFNO2. The van der Waals surface area contributed by atoms with Gasteiger partial charge < -0.3 is 10.1 Å². The fraction of sp³-hybridized carbons (Fsp3) is 0.417. The molecule has 5 heteroatoms. The molecule has 0 radical (unpaired) electrons. The third kappa shape index (κ3) is 3.89. The molecule has 3 nitrogen and oxygen atoms in total. The maximum absolute atomic E-state index is 13.0. The van der Waals surface area contributed by atoms with Crippen molar-refractivity contribution in [2.45, 2.75) is 13.8 Å². The Labute approximate surface area is 105 Å². The number of halogens is 2. The molecule has 0 aromatic heterocycles. The van der Waals surface area contributed by atoms with Gasteiger partial charge in [-0.1, -0.05) is 6.92 Å². The second kappa shape index (κ2) is 6.45. The van der Waals surface area contributed by atoms with Gasteiger partial charge >= 0.3 is 0 Å². The fourth-order valence-electron chi connectivity index (χ4n) is 1.20. The molecule has 0 saturated heterocycles. The summed E-state index contributed by atoms with van der Waals surface area (Å²) in [6, 6.07) is 3.98. The molecule has 0 spiro atoms. The number of carbonyl (C=O) groups is 1. The van der Waals surface area contributed by atoms with E-state index >= 15 is 0 Å². The first-order valence-electron chi connectivity index (χ1n) is 5.37. The topological polar surface area (TPSA) is 38.3 Å². The molecule has 94 valence electrons. The molecule has 0 heterocycles. The molecule has 0 saturated carbocycles. The monoisotopic (exact) mass is 259 g/mol. The minimum Gasteiger partial charge on any atom is -0.492 e. The van der Waals surface area contributed by atoms with Gasteiger partial charge in [-0.3, -0.25) is 4.79 Å². The quantitative estimate of drug-likeness (QED) is 0.826. The minimum atomic E-state index is -0.406. The number of ether oxygens (including phenoxy) is 1. The SMILES string of the molecule is CCOc1cc(F)ccc1NC(=O)C(C)CCl. The van der Waals surface area contributed by atoms with Crippen LogP contribution in [0.15, 0.2) is 18.2 Å². The summed E-state index contributed by atoms with van der Waals surface area (Å²) in [5, 5.41) is 2.66. The van der Waals surface area contributed by atoms with E-state index in [4.69, 9.17) is 16.3 Å². The van der Waals surface area contributed by atoms with E-state index in [0.29, 0.717) is 18.0 Å². The standard InChI is InChI=1S/C12H15ClFNO2/c1-3-17-11-6-9(14)4-5-10(11)15-12(16)8(2)7-13/h4-6,8H,3,7H2,1-2H3,(H,15,16). The van der Waals surface area contributed by atoms with Crippen molar-refractivity contribution in [1.82, 2.24) is 0 Å². The third-order valence-corrected chi connectivity index (χ3v) is 2.64. The van der Waals surface area contributed by atoms with Crippen LogP contribution in [0.2, 0.25) is 0 Å². The van der Waals surface area contributed by atoms with Crippen LogP contribution in [0.5, 0.6) is 5.75 Å². The van der Waals surface area contributed by atoms with Crippen LogP contribution in [-0.2, 0) is 4.79 Å². The molecule has 0 fully saturated rings. The summed E-state index contributed by atoms with van der Waals surface area (Å²) < 4.78 is 18.3. The average Bonchev–Trinajstić information content (AvgIpc) is 2.31. The first-order chi connectivity index (χ1) is 8.08. The summed E-state index contributed by atoms with van der Waals surface area (Å²) in [6.07, 6.45) is 0. The van der Waals surface area contributed by atoms with Gasteiger partial charge in [0.2, 0.25) is 5.91 Å². The summed E-state index contributed by atoms with van der Waals surface area (Å²) >= 11 is 5.59. The van der Waals surface area contributed by atoms with Crippen molar-refractivity contribution in [3.8, 4) is 5.75 Å². The van der Waals surface area contributed by atoms with Gasteiger partial charge in [-0.2, -0.15) is 0 Å². The molecule has 1 unspecified atom stereocenters. The van der Waals surface area contributed by atoms with Gasteiger partial charge in [0.15, 0.2) is 0 Å². The van der Waals surface area contributed by atoms with Gasteiger partial charge in [0.05, 0.1) is 12.3 Å². The second-order valence-corrected chi connectivity index (χ2v) is 3.93. The summed E-state index contributed by atoms with van der Waals surface area (Å²) in [5.41, 5.74) is 0.454. The fourth-order valence-corrected chi connectivity index (χ4v) is 1.34. The number of benzene rings is 1. The number of nitrogens with one attached hydrogen (secondary N) is 1. The number of rotatable bonds is 5. The van der Waals surface area contributed by atoms with Crippen LogP contribution in [0.25, 0.3) is 0 Å². The first kappa shape index (κ1) is 13.8. The van der Waals surface area contributed by atoms with Crippen molar-refractivity contribution in [1.29, 1.82) is 0 Å². The number of alkyl halides is 1. The normalized spacial score (nSPS) is 12.0. The molecular weight excluding hydrogens is 245 g/mol. The molecule has 0 bridgehead atoms. The van der Waals surface area contributed by atoms with Crippen LogP contribution < -0.4 is 10.1 Å². The molecule has 1 aromatic rings. The summed E-state index contributed by atoms with van der Waals surface area (Å²) in [5.74, 6) is -0.375. The Morgan fingerprint density at radius 2 is 2.29 bits per heavy atom. The first-order valence-corrected chi connectivity index (χ1v) is 5.91. The van der Waals surface area contributed by atoms with E-state index in [2.05, 4.69) is 5.32 Å². The van der Waals surface area contributed by atoms with Crippen molar-refractivity contribution in [3.63, 3.8) is 0 Å². The number of hydrogen-bond acceptors (Lipinski definition) is 2. The van der Waals surface area contributed by atoms with Crippen molar-refractivity contribution in [3.05, 3.63) is 24.0 Å². The van der Waals surface area contributed by atoms with E-state index in [-0.39, 0.29) is 17.7 Å². The molecule has 1 atom stereocenters. The maximum Gasteiger partial charge on any atom is 0.228 e. The van der Waals surface area contributed by atoms with Crippen LogP contribution in [0.4, 0.5) is 10.1 Å². The van der Waals surface area contributed by atoms with E-state index in [0.717, 1.165) is 0 Å². The highest BCUT2D eigenvalue weighted by Gasteiger charge is 2.14. The van der Waals surface area contributed by atoms with E-state index < -0.39 is 5.82 Å². The Morgan fingerprint density at radius 1 is 1.59 bits per heavy atom. The van der Waals surface area contributed by atoms with E-state index in [1.165, 1.54) is 18.2 Å². The molecule has 0 aliphatic heterocycles. The number of hydrogen-bond donors (Lipinski definition) is 1. The highest BCUT2D eigenvalue weighted by atomic mass is 35.5. The lowest BCUT2D eigenvalue weighted by Crippen LogP contribution is -2.21. The molecule has 0 aliphatic rings. The van der Waals surface area contributed by atoms with Crippen LogP contribution in [0.3, 0.4) is 0 Å². The van der Waals surface area contributed by atoms with Crippen molar-refractivity contribution in [2.75, 3.05) is 17.8 Å². The second-order valence-electron chi connectivity index (χ2n) is 3.62. The molecule has 0 aliphatic carbocycles. The van der Waals surface area contributed by atoms with Crippen molar-refractivity contribution in [2.24, 2.45) is 5.92 Å². The van der Waals surface area contributed by atoms with Gasteiger partial charge in [0.25, 0.3) is 0 Å². The Hall–Kier alpha value is -1.29. The van der Waals surface area contributed by atoms with Gasteiger partial charge in [0, 0.05) is 17.9 Å². The summed E-state index contributed by atoms with van der Waals surface area (Å²) in [6.45, 7) is 3.90. The largest absolute Gasteiger partial charge is 0.492 e. The zero-order chi connectivity index (χ0) is 12.8. The lowest BCUT2D eigenvalue weighted by Gasteiger charge is -2.13. The zero-order valence-corrected chi connectivity index (χ0v) is 10.6. The Kier molecular flexibility index (Phi) is 5.22. The number of carbonyl (C=O) groups excluding carboxylic acids is 1. The maximum atomic E-state index is 13.0. The Balaban J connectivity index is 2.86. The Bertz CT molecular complexity index is 398. The molecule has 17 heavy (non-hydrogen) atoms. The van der Waals surface area contributed by atoms with Crippen molar-refractivity contribution < 1.29 is 13.9 Å². The van der Waals surface area contributed by atoms with Gasteiger partial charge in [-0.15, -0.1) is 11.6 Å². The Morgan fingerprint density at radius 3 is 2.88 bits per heavy atom. The van der Waals surface area contributed by atoms with Crippen LogP contribution >= 0.6 is 11.6 Å². The zero-order valence-electron chi connectivity index (χ0n) is 9.80. The minimum absolute atomic E-state index is 0.215. The van der Waals surface area contributed by atoms with Crippen LogP contribution in [-0.4, -0.2) is 18.4 Å². The van der Waals surface area contributed by atoms with E-state index in [1.54, 1.807) is 13.8 Å². The van der Waals surface area contributed by atoms with Crippen LogP contribution in [0.1, 0.15) is 13.8 Å². The highest BCUT2D eigenvalue weighted by molar-refractivity contribution is 6.19. The highest BCUT2D eigenvalue weighted by Crippen LogP contribution is 2.25. The summed E-state index contributed by atoms with van der Waals surface area (Å²) in [4.78, 5) is 11.6. The average molecular weight is 260 g/mol. The predicted octanol–water partition coefficient (Wildman–Crippen LogP) is 3.04. The predicted molar refractivity (Wildman–Crippen MR) is 66.1 cm³/mol. The molecule has 1 rings (SSSR count).